The van der Waals surface area contributed by atoms with E-state index in [1.54, 1.807) is 6.92 Å². The Hall–Kier alpha value is -0.0800. The summed E-state index contributed by atoms with van der Waals surface area (Å²) in [4.78, 5) is 0. The van der Waals surface area contributed by atoms with E-state index in [2.05, 4.69) is 27.7 Å². The SMILES string of the molecule is CCO.CC[N+](CC)(CC)CC. The number of nitrogens with zero attached hydrogens (tertiary/aromatic N) is 1. The van der Waals surface area contributed by atoms with E-state index < -0.39 is 0 Å². The van der Waals surface area contributed by atoms with Crippen LogP contribution in [0.2, 0.25) is 0 Å². The molecule has 0 saturated carbocycles. The van der Waals surface area contributed by atoms with Crippen LogP contribution in [0.15, 0.2) is 0 Å². The van der Waals surface area contributed by atoms with Gasteiger partial charge in [-0.25, -0.2) is 0 Å². The van der Waals surface area contributed by atoms with Crippen molar-refractivity contribution in [3.8, 4) is 0 Å². The van der Waals surface area contributed by atoms with Crippen molar-refractivity contribution in [2.24, 2.45) is 0 Å². The van der Waals surface area contributed by atoms with Crippen LogP contribution in [-0.2, 0) is 0 Å². The first-order valence-corrected chi connectivity index (χ1v) is 5.12. The molecule has 2 heteroatoms. The van der Waals surface area contributed by atoms with E-state index in [0.29, 0.717) is 0 Å². The molecular formula is C10H26NO+. The second-order valence-corrected chi connectivity index (χ2v) is 2.92. The van der Waals surface area contributed by atoms with Gasteiger partial charge in [0.25, 0.3) is 0 Å². The van der Waals surface area contributed by atoms with E-state index in [1.165, 1.54) is 30.7 Å². The maximum Gasteiger partial charge on any atom is 0.0757 e. The standard InChI is InChI=1S/C8H20N.C2H6O/c1-5-9(6-2,7-3)8-4;1-2-3/h5-8H2,1-4H3;3H,2H2,1H3/q+1;. The van der Waals surface area contributed by atoms with Crippen LogP contribution in [0.5, 0.6) is 0 Å². The minimum Gasteiger partial charge on any atom is -0.397 e. The van der Waals surface area contributed by atoms with Gasteiger partial charge in [-0.15, -0.1) is 0 Å². The van der Waals surface area contributed by atoms with Crippen LogP contribution < -0.4 is 0 Å². The number of aliphatic hydroxyl groups is 1. The molecule has 0 radical (unpaired) electrons. The predicted octanol–water partition coefficient (Wildman–Crippen LogP) is 1.88. The van der Waals surface area contributed by atoms with Gasteiger partial charge in [0.15, 0.2) is 0 Å². The lowest BCUT2D eigenvalue weighted by Gasteiger charge is -2.34. The highest BCUT2D eigenvalue weighted by atomic mass is 16.2. The fourth-order valence-electron chi connectivity index (χ4n) is 1.34. The molecule has 0 atom stereocenters. The molecular weight excluding hydrogens is 150 g/mol. The quantitative estimate of drug-likeness (QED) is 0.648. The van der Waals surface area contributed by atoms with Gasteiger partial charge < -0.3 is 9.59 Å². The number of quaternary nitrogens is 1. The average Bonchev–Trinajstić information content (AvgIpc) is 2.11. The second-order valence-electron chi connectivity index (χ2n) is 2.92. The molecule has 0 amide bonds. The zero-order valence-electron chi connectivity index (χ0n) is 9.43. The topological polar surface area (TPSA) is 20.2 Å². The van der Waals surface area contributed by atoms with E-state index >= 15 is 0 Å². The highest BCUT2D eigenvalue weighted by Crippen LogP contribution is 2.03. The van der Waals surface area contributed by atoms with Gasteiger partial charge in [0.2, 0.25) is 0 Å². The Bertz CT molecular complexity index is 62.4. The molecule has 0 saturated heterocycles. The molecule has 0 aliphatic rings. The Kier molecular flexibility index (Phi) is 10.8. The Morgan fingerprint density at radius 3 is 0.917 bits per heavy atom. The van der Waals surface area contributed by atoms with Crippen LogP contribution in [0.25, 0.3) is 0 Å². The molecule has 0 heterocycles. The molecule has 1 N–H and O–H groups in total. The minimum atomic E-state index is 0.250. The van der Waals surface area contributed by atoms with Crippen LogP contribution >= 0.6 is 0 Å². The summed E-state index contributed by atoms with van der Waals surface area (Å²) in [6.45, 7) is 16.2. The van der Waals surface area contributed by atoms with Crippen molar-refractivity contribution in [2.75, 3.05) is 32.8 Å². The average molecular weight is 176 g/mol. The highest BCUT2D eigenvalue weighted by Gasteiger charge is 2.16. The van der Waals surface area contributed by atoms with Gasteiger partial charge in [-0.2, -0.15) is 0 Å². The largest absolute Gasteiger partial charge is 0.397 e. The number of rotatable bonds is 4. The first-order chi connectivity index (χ1) is 5.66. The number of aliphatic hydroxyl groups excluding tert-OH is 1. The third-order valence-corrected chi connectivity index (χ3v) is 2.68. The van der Waals surface area contributed by atoms with Crippen molar-refractivity contribution in [3.63, 3.8) is 0 Å². The smallest absolute Gasteiger partial charge is 0.0757 e. The molecule has 2 nitrogen and oxygen atoms in total. The van der Waals surface area contributed by atoms with Crippen molar-refractivity contribution in [2.45, 2.75) is 34.6 Å². The molecule has 0 unspecified atom stereocenters. The van der Waals surface area contributed by atoms with Crippen molar-refractivity contribution >= 4 is 0 Å². The molecule has 0 aliphatic heterocycles. The molecule has 0 aromatic carbocycles. The van der Waals surface area contributed by atoms with Crippen LogP contribution in [0.1, 0.15) is 34.6 Å². The molecule has 0 rings (SSSR count). The summed E-state index contributed by atoms with van der Waals surface area (Å²) < 4.78 is 1.28. The van der Waals surface area contributed by atoms with E-state index in [4.69, 9.17) is 5.11 Å². The molecule has 0 spiro atoms. The summed E-state index contributed by atoms with van der Waals surface area (Å²) in [7, 11) is 0. The Morgan fingerprint density at radius 2 is 0.917 bits per heavy atom. The summed E-state index contributed by atoms with van der Waals surface area (Å²) in [6, 6.07) is 0. The molecule has 0 aliphatic carbocycles. The van der Waals surface area contributed by atoms with Crippen molar-refractivity contribution in [1.82, 2.24) is 0 Å². The van der Waals surface area contributed by atoms with Gasteiger partial charge in [0.05, 0.1) is 26.2 Å². The second kappa shape index (κ2) is 9.01. The van der Waals surface area contributed by atoms with Crippen LogP contribution in [-0.4, -0.2) is 42.4 Å². The third kappa shape index (κ3) is 5.56. The van der Waals surface area contributed by atoms with Crippen LogP contribution in [0, 0.1) is 0 Å². The summed E-state index contributed by atoms with van der Waals surface area (Å²) >= 11 is 0. The van der Waals surface area contributed by atoms with Crippen molar-refractivity contribution < 1.29 is 9.59 Å². The minimum absolute atomic E-state index is 0.250. The monoisotopic (exact) mass is 176 g/mol. The van der Waals surface area contributed by atoms with Gasteiger partial charge >= 0.3 is 0 Å². The predicted molar refractivity (Wildman–Crippen MR) is 55.2 cm³/mol. The van der Waals surface area contributed by atoms with Crippen LogP contribution in [0.4, 0.5) is 0 Å². The maximum atomic E-state index is 7.57. The van der Waals surface area contributed by atoms with E-state index in [0.717, 1.165) is 0 Å². The van der Waals surface area contributed by atoms with Gasteiger partial charge in [-0.05, 0) is 34.6 Å². The molecule has 0 bridgehead atoms. The van der Waals surface area contributed by atoms with Crippen LogP contribution in [0.3, 0.4) is 0 Å². The van der Waals surface area contributed by atoms with Crippen molar-refractivity contribution in [3.05, 3.63) is 0 Å². The molecule has 12 heavy (non-hydrogen) atoms. The summed E-state index contributed by atoms with van der Waals surface area (Å²) in [5.74, 6) is 0. The Labute approximate surface area is 77.8 Å². The fourth-order valence-corrected chi connectivity index (χ4v) is 1.34. The molecule has 0 aromatic rings. The van der Waals surface area contributed by atoms with E-state index in [1.807, 2.05) is 0 Å². The first-order valence-electron chi connectivity index (χ1n) is 5.12. The number of hydrogen-bond donors (Lipinski definition) is 1. The van der Waals surface area contributed by atoms with Gasteiger partial charge in [0.1, 0.15) is 0 Å². The van der Waals surface area contributed by atoms with Gasteiger partial charge in [0, 0.05) is 6.61 Å². The third-order valence-electron chi connectivity index (χ3n) is 2.68. The number of hydrogen-bond acceptors (Lipinski definition) is 1. The lowest BCUT2D eigenvalue weighted by Crippen LogP contribution is -2.47. The molecule has 76 valence electrons. The van der Waals surface area contributed by atoms with Gasteiger partial charge in [-0.3, -0.25) is 0 Å². The summed E-state index contributed by atoms with van der Waals surface area (Å²) in [5.41, 5.74) is 0. The van der Waals surface area contributed by atoms with E-state index in [9.17, 15) is 0 Å². The lowest BCUT2D eigenvalue weighted by atomic mass is 10.3. The zero-order chi connectivity index (χ0) is 10.0. The van der Waals surface area contributed by atoms with E-state index in [-0.39, 0.29) is 6.61 Å². The maximum absolute atomic E-state index is 7.57. The Morgan fingerprint density at radius 1 is 0.750 bits per heavy atom. The zero-order valence-corrected chi connectivity index (χ0v) is 9.43. The molecule has 0 aromatic heterocycles. The molecule has 0 fully saturated rings. The fraction of sp³-hybridized carbons (Fsp3) is 1.00. The lowest BCUT2D eigenvalue weighted by molar-refractivity contribution is -0.921. The summed E-state index contributed by atoms with van der Waals surface area (Å²) in [6.07, 6.45) is 0. The normalized spacial score (nSPS) is 10.5. The Balaban J connectivity index is 0. The highest BCUT2D eigenvalue weighted by molar-refractivity contribution is 4.31. The van der Waals surface area contributed by atoms with Crippen molar-refractivity contribution in [1.29, 1.82) is 0 Å². The summed E-state index contributed by atoms with van der Waals surface area (Å²) in [5, 5.41) is 7.57. The first kappa shape index (κ1) is 14.4. The van der Waals surface area contributed by atoms with Gasteiger partial charge in [-0.1, -0.05) is 0 Å².